The van der Waals surface area contributed by atoms with Gasteiger partial charge in [-0.15, -0.1) is 0 Å². The number of nitro groups is 2. The van der Waals surface area contributed by atoms with Crippen LogP contribution >= 0.6 is 22.6 Å². The van der Waals surface area contributed by atoms with Crippen LogP contribution in [0, 0.1) is 23.8 Å². The van der Waals surface area contributed by atoms with E-state index in [9.17, 15) is 20.2 Å². The van der Waals surface area contributed by atoms with Crippen molar-refractivity contribution in [1.82, 2.24) is 0 Å². The van der Waals surface area contributed by atoms with Crippen molar-refractivity contribution in [3.8, 4) is 11.5 Å². The second kappa shape index (κ2) is 10.8. The molecule has 3 aromatic carbocycles. The predicted octanol–water partition coefficient (Wildman–Crippen LogP) is 5.70. The first-order valence-electron chi connectivity index (χ1n) is 9.67. The number of nitro benzene ring substituents is 2. The third-order valence-corrected chi connectivity index (χ3v) is 5.28. The molecule has 0 radical (unpaired) electrons. The number of rotatable bonds is 10. The van der Waals surface area contributed by atoms with Gasteiger partial charge in [0.25, 0.3) is 11.4 Å². The Morgan fingerprint density at radius 1 is 0.875 bits per heavy atom. The molecule has 0 saturated heterocycles. The van der Waals surface area contributed by atoms with Gasteiger partial charge in [0.2, 0.25) is 0 Å². The summed E-state index contributed by atoms with van der Waals surface area (Å²) in [5.74, 6) is 1.20. The molecule has 0 amide bonds. The molecule has 32 heavy (non-hydrogen) atoms. The Balaban J connectivity index is 1.70. The van der Waals surface area contributed by atoms with Crippen molar-refractivity contribution in [3.05, 3.63) is 95.6 Å². The van der Waals surface area contributed by atoms with Gasteiger partial charge in [-0.05, 0) is 77.0 Å². The highest BCUT2D eigenvalue weighted by molar-refractivity contribution is 14.1. The summed E-state index contributed by atoms with van der Waals surface area (Å²) in [6.45, 7) is 3.09. The standard InChI is InChI=1S/C22H20IN3O6/c1-2-31-21-12-16(13-24-17-5-9-19(10-6-17)26(29)30)11-20(23)22(21)32-14-15-3-7-18(8-4-15)25(27)28/h3-12,24H,2,13-14H2,1H3. The number of nitrogens with zero attached hydrogens (tertiary/aromatic N) is 2. The summed E-state index contributed by atoms with van der Waals surface area (Å²) in [7, 11) is 0. The maximum atomic E-state index is 10.8. The highest BCUT2D eigenvalue weighted by Gasteiger charge is 2.13. The molecule has 0 bridgehead atoms. The van der Waals surface area contributed by atoms with Crippen LogP contribution in [0.25, 0.3) is 0 Å². The van der Waals surface area contributed by atoms with Crippen LogP contribution in [0.5, 0.6) is 11.5 Å². The molecule has 3 rings (SSSR count). The third-order valence-electron chi connectivity index (χ3n) is 4.47. The molecular weight excluding hydrogens is 529 g/mol. The average Bonchev–Trinajstić information content (AvgIpc) is 2.78. The van der Waals surface area contributed by atoms with Crippen LogP contribution in [0.2, 0.25) is 0 Å². The lowest BCUT2D eigenvalue weighted by molar-refractivity contribution is -0.385. The zero-order valence-electron chi connectivity index (χ0n) is 17.1. The summed E-state index contributed by atoms with van der Waals surface area (Å²) in [4.78, 5) is 20.7. The van der Waals surface area contributed by atoms with Gasteiger partial charge in [-0.1, -0.05) is 0 Å². The quantitative estimate of drug-likeness (QED) is 0.196. The number of benzene rings is 3. The van der Waals surface area contributed by atoms with Crippen LogP contribution in [0.15, 0.2) is 60.7 Å². The van der Waals surface area contributed by atoms with Crippen molar-refractivity contribution in [1.29, 1.82) is 0 Å². The molecule has 0 aromatic heterocycles. The number of hydrogen-bond acceptors (Lipinski definition) is 7. The first-order valence-corrected chi connectivity index (χ1v) is 10.7. The third kappa shape index (κ3) is 6.06. The van der Waals surface area contributed by atoms with Gasteiger partial charge < -0.3 is 14.8 Å². The van der Waals surface area contributed by atoms with Crippen LogP contribution in [-0.2, 0) is 13.2 Å². The molecule has 166 valence electrons. The van der Waals surface area contributed by atoms with Crippen LogP contribution < -0.4 is 14.8 Å². The van der Waals surface area contributed by atoms with Crippen molar-refractivity contribution >= 4 is 39.7 Å². The molecule has 10 heteroatoms. The molecule has 0 unspecified atom stereocenters. The molecule has 0 atom stereocenters. The Bertz CT molecular complexity index is 1100. The van der Waals surface area contributed by atoms with E-state index in [0.717, 1.165) is 20.4 Å². The van der Waals surface area contributed by atoms with E-state index in [4.69, 9.17) is 9.47 Å². The monoisotopic (exact) mass is 549 g/mol. The highest BCUT2D eigenvalue weighted by atomic mass is 127. The maximum Gasteiger partial charge on any atom is 0.269 e. The smallest absolute Gasteiger partial charge is 0.269 e. The zero-order valence-corrected chi connectivity index (χ0v) is 19.3. The minimum atomic E-state index is -0.440. The predicted molar refractivity (Wildman–Crippen MR) is 128 cm³/mol. The lowest BCUT2D eigenvalue weighted by Gasteiger charge is -2.16. The van der Waals surface area contributed by atoms with Crippen molar-refractivity contribution in [3.63, 3.8) is 0 Å². The van der Waals surface area contributed by atoms with Crippen LogP contribution in [0.4, 0.5) is 17.1 Å². The number of nitrogens with one attached hydrogen (secondary N) is 1. The summed E-state index contributed by atoms with van der Waals surface area (Å²) in [6, 6.07) is 16.3. The summed E-state index contributed by atoms with van der Waals surface area (Å²) >= 11 is 2.18. The Morgan fingerprint density at radius 2 is 1.47 bits per heavy atom. The Morgan fingerprint density at radius 3 is 2.03 bits per heavy atom. The molecule has 3 aromatic rings. The molecule has 0 saturated carbocycles. The number of halogens is 1. The Kier molecular flexibility index (Phi) is 7.82. The van der Waals surface area contributed by atoms with Crippen LogP contribution in [0.3, 0.4) is 0 Å². The van der Waals surface area contributed by atoms with E-state index in [1.807, 2.05) is 19.1 Å². The zero-order chi connectivity index (χ0) is 23.1. The average molecular weight is 549 g/mol. The SMILES string of the molecule is CCOc1cc(CNc2ccc([N+](=O)[O-])cc2)cc(I)c1OCc1ccc([N+](=O)[O-])cc1. The van der Waals surface area contributed by atoms with Gasteiger partial charge in [0.05, 0.1) is 20.0 Å². The molecule has 9 nitrogen and oxygen atoms in total. The second-order valence-corrected chi connectivity index (χ2v) is 7.87. The Hall–Kier alpha value is -3.41. The molecule has 0 aliphatic carbocycles. The molecule has 0 aliphatic heterocycles. The summed E-state index contributed by atoms with van der Waals surface area (Å²) in [5, 5.41) is 24.8. The largest absolute Gasteiger partial charge is 0.490 e. The van der Waals surface area contributed by atoms with Crippen molar-refractivity contribution < 1.29 is 19.3 Å². The van der Waals surface area contributed by atoms with Crippen molar-refractivity contribution in [2.45, 2.75) is 20.1 Å². The molecule has 0 aliphatic rings. The number of hydrogen-bond donors (Lipinski definition) is 1. The van der Waals surface area contributed by atoms with Gasteiger partial charge in [-0.2, -0.15) is 0 Å². The van der Waals surface area contributed by atoms with Gasteiger partial charge in [0, 0.05) is 36.5 Å². The molecule has 1 N–H and O–H groups in total. The van der Waals surface area contributed by atoms with E-state index in [1.165, 1.54) is 24.3 Å². The summed E-state index contributed by atoms with van der Waals surface area (Å²) in [5.41, 5.74) is 2.60. The van der Waals surface area contributed by atoms with Crippen LogP contribution in [0.1, 0.15) is 18.1 Å². The van der Waals surface area contributed by atoms with Gasteiger partial charge in [-0.25, -0.2) is 0 Å². The normalized spacial score (nSPS) is 10.4. The van der Waals surface area contributed by atoms with Gasteiger partial charge in [0.1, 0.15) is 6.61 Å². The maximum absolute atomic E-state index is 10.8. The van der Waals surface area contributed by atoms with Crippen molar-refractivity contribution in [2.75, 3.05) is 11.9 Å². The second-order valence-electron chi connectivity index (χ2n) is 6.71. The summed E-state index contributed by atoms with van der Waals surface area (Å²) < 4.78 is 12.6. The fraction of sp³-hybridized carbons (Fsp3) is 0.182. The van der Waals surface area contributed by atoms with E-state index in [1.54, 1.807) is 24.3 Å². The lowest BCUT2D eigenvalue weighted by Crippen LogP contribution is -2.05. The summed E-state index contributed by atoms with van der Waals surface area (Å²) in [6.07, 6.45) is 0. The molecule has 0 fully saturated rings. The fourth-order valence-electron chi connectivity index (χ4n) is 2.90. The van der Waals surface area contributed by atoms with Gasteiger partial charge in [-0.3, -0.25) is 20.2 Å². The van der Waals surface area contributed by atoms with E-state index >= 15 is 0 Å². The highest BCUT2D eigenvalue weighted by Crippen LogP contribution is 2.35. The molecule has 0 heterocycles. The number of non-ortho nitro benzene ring substituents is 2. The number of anilines is 1. The van der Waals surface area contributed by atoms with E-state index < -0.39 is 9.85 Å². The minimum absolute atomic E-state index is 0.0307. The Labute approximate surface area is 197 Å². The minimum Gasteiger partial charge on any atom is -0.490 e. The molecular formula is C22H20IN3O6. The topological polar surface area (TPSA) is 117 Å². The van der Waals surface area contributed by atoms with Crippen molar-refractivity contribution in [2.24, 2.45) is 0 Å². The van der Waals surface area contributed by atoms with E-state index in [2.05, 4.69) is 27.9 Å². The first kappa shape index (κ1) is 23.3. The van der Waals surface area contributed by atoms with Crippen LogP contribution in [-0.4, -0.2) is 16.5 Å². The number of ether oxygens (including phenoxy) is 2. The van der Waals surface area contributed by atoms with Gasteiger partial charge in [0.15, 0.2) is 11.5 Å². The molecule has 0 spiro atoms. The van der Waals surface area contributed by atoms with E-state index in [-0.39, 0.29) is 18.0 Å². The van der Waals surface area contributed by atoms with Gasteiger partial charge >= 0.3 is 0 Å². The first-order chi connectivity index (χ1) is 15.4. The lowest BCUT2D eigenvalue weighted by atomic mass is 10.2. The van der Waals surface area contributed by atoms with E-state index in [0.29, 0.717) is 24.7 Å². The fourth-order valence-corrected chi connectivity index (χ4v) is 3.72.